The summed E-state index contributed by atoms with van der Waals surface area (Å²) < 4.78 is 21.6. The molecule has 1 aromatic heterocycles. The van der Waals surface area contributed by atoms with Gasteiger partial charge in [-0.2, -0.15) is 5.10 Å². The molecule has 1 atom stereocenters. The molecule has 2 aliphatic heterocycles. The van der Waals surface area contributed by atoms with Gasteiger partial charge in [-0.15, -0.1) is 0 Å². The molecule has 0 aliphatic carbocycles. The molecule has 0 N–H and O–H groups in total. The molecule has 0 spiro atoms. The Bertz CT molecular complexity index is 815. The van der Waals surface area contributed by atoms with Gasteiger partial charge in [0.15, 0.2) is 0 Å². The Balaban J connectivity index is 1.29. The minimum absolute atomic E-state index is 0.129. The third-order valence-electron chi connectivity index (χ3n) is 6.45. The lowest BCUT2D eigenvalue weighted by Gasteiger charge is -2.35. The third-order valence-corrected chi connectivity index (χ3v) is 6.45. The van der Waals surface area contributed by atoms with E-state index in [2.05, 4.69) is 10.00 Å². The highest BCUT2D eigenvalue weighted by molar-refractivity contribution is 5.76. The van der Waals surface area contributed by atoms with Crippen LogP contribution in [0.15, 0.2) is 42.7 Å². The van der Waals surface area contributed by atoms with Gasteiger partial charge in [0.1, 0.15) is 5.82 Å². The molecule has 7 heteroatoms. The first kappa shape index (κ1) is 22.0. The molecular formula is C24H33FN4O2. The van der Waals surface area contributed by atoms with Gasteiger partial charge in [-0.25, -0.2) is 4.39 Å². The Hall–Kier alpha value is -2.25. The number of hydrogen-bond acceptors (Lipinski definition) is 4. The molecule has 1 aromatic carbocycles. The van der Waals surface area contributed by atoms with Crippen LogP contribution in [0.4, 0.5) is 4.39 Å². The number of halogens is 1. The molecular weight excluding hydrogens is 395 g/mol. The lowest BCUT2D eigenvalue weighted by Crippen LogP contribution is -2.43. The van der Waals surface area contributed by atoms with E-state index in [1.807, 2.05) is 34.0 Å². The SMILES string of the molecule is O=C(CCn1cccn1)N(CC1CCN(Cc2ccccc2F)CC1)C[C@@H]1CCCO1. The van der Waals surface area contributed by atoms with Crippen LogP contribution < -0.4 is 0 Å². The summed E-state index contributed by atoms with van der Waals surface area (Å²) in [5.41, 5.74) is 0.759. The molecule has 1 amide bonds. The zero-order chi connectivity index (χ0) is 21.5. The fourth-order valence-corrected chi connectivity index (χ4v) is 4.62. The molecule has 0 bridgehead atoms. The molecule has 0 unspecified atom stereocenters. The molecule has 6 nitrogen and oxygen atoms in total. The number of benzene rings is 1. The van der Waals surface area contributed by atoms with Crippen LogP contribution in [0.3, 0.4) is 0 Å². The Morgan fingerprint density at radius 1 is 1.16 bits per heavy atom. The molecule has 2 aromatic rings. The summed E-state index contributed by atoms with van der Waals surface area (Å²) in [6.07, 6.45) is 8.42. The van der Waals surface area contributed by atoms with Gasteiger partial charge < -0.3 is 9.64 Å². The molecule has 2 aliphatic rings. The lowest BCUT2D eigenvalue weighted by atomic mass is 9.95. The van der Waals surface area contributed by atoms with Crippen molar-refractivity contribution in [1.29, 1.82) is 0 Å². The van der Waals surface area contributed by atoms with Crippen LogP contribution in [0.2, 0.25) is 0 Å². The largest absolute Gasteiger partial charge is 0.376 e. The second-order valence-corrected chi connectivity index (χ2v) is 8.76. The number of likely N-dealkylation sites (tertiary alicyclic amines) is 1. The number of carbonyl (C=O) groups is 1. The maximum Gasteiger partial charge on any atom is 0.224 e. The van der Waals surface area contributed by atoms with Gasteiger partial charge in [-0.05, 0) is 56.8 Å². The number of hydrogen-bond donors (Lipinski definition) is 0. The van der Waals surface area contributed by atoms with Crippen LogP contribution in [-0.2, 0) is 22.6 Å². The second kappa shape index (κ2) is 10.9. The quantitative estimate of drug-likeness (QED) is 0.615. The number of rotatable bonds is 9. The third kappa shape index (κ3) is 6.37. The molecule has 3 heterocycles. The van der Waals surface area contributed by atoms with E-state index >= 15 is 0 Å². The molecule has 0 radical (unpaired) electrons. The van der Waals surface area contributed by atoms with E-state index in [0.717, 1.165) is 57.5 Å². The van der Waals surface area contributed by atoms with E-state index in [4.69, 9.17) is 4.74 Å². The van der Waals surface area contributed by atoms with Crippen molar-refractivity contribution in [3.8, 4) is 0 Å². The van der Waals surface area contributed by atoms with E-state index < -0.39 is 0 Å². The minimum Gasteiger partial charge on any atom is -0.376 e. The number of nitrogens with zero attached hydrogens (tertiary/aromatic N) is 4. The Morgan fingerprint density at radius 3 is 2.71 bits per heavy atom. The summed E-state index contributed by atoms with van der Waals surface area (Å²) in [6, 6.07) is 8.90. The Kier molecular flexibility index (Phi) is 7.70. The fourth-order valence-electron chi connectivity index (χ4n) is 4.62. The van der Waals surface area contributed by atoms with Gasteiger partial charge in [-0.1, -0.05) is 18.2 Å². The summed E-state index contributed by atoms with van der Waals surface area (Å²) >= 11 is 0. The summed E-state index contributed by atoms with van der Waals surface area (Å²) in [5, 5.41) is 4.20. The van der Waals surface area contributed by atoms with Gasteiger partial charge >= 0.3 is 0 Å². The van der Waals surface area contributed by atoms with E-state index in [1.165, 1.54) is 6.07 Å². The summed E-state index contributed by atoms with van der Waals surface area (Å²) in [5.74, 6) is 0.529. The highest BCUT2D eigenvalue weighted by Gasteiger charge is 2.27. The minimum atomic E-state index is -0.129. The van der Waals surface area contributed by atoms with Gasteiger partial charge in [0.2, 0.25) is 5.91 Å². The predicted molar refractivity (Wildman–Crippen MR) is 117 cm³/mol. The number of amides is 1. The van der Waals surface area contributed by atoms with Crippen molar-refractivity contribution < 1.29 is 13.9 Å². The molecule has 2 saturated heterocycles. The number of ether oxygens (including phenoxy) is 1. The second-order valence-electron chi connectivity index (χ2n) is 8.76. The average molecular weight is 429 g/mol. The standard InChI is InChI=1S/C24H33FN4O2/c25-23-7-2-1-5-21(23)18-27-13-8-20(9-14-27)17-28(19-22-6-3-16-31-22)24(30)10-15-29-12-4-11-26-29/h1-2,4-5,7,11-12,20,22H,3,6,8-10,13-19H2/t22-/m0/s1. The maximum atomic E-state index is 14.0. The van der Waals surface area contributed by atoms with E-state index in [1.54, 1.807) is 12.3 Å². The van der Waals surface area contributed by atoms with E-state index in [0.29, 0.717) is 32.0 Å². The van der Waals surface area contributed by atoms with Gasteiger partial charge in [0.05, 0.1) is 6.10 Å². The van der Waals surface area contributed by atoms with Crippen molar-refractivity contribution in [3.63, 3.8) is 0 Å². The molecule has 31 heavy (non-hydrogen) atoms. The first-order chi connectivity index (χ1) is 15.2. The topological polar surface area (TPSA) is 50.6 Å². The average Bonchev–Trinajstić information content (AvgIpc) is 3.49. The van der Waals surface area contributed by atoms with Crippen molar-refractivity contribution in [1.82, 2.24) is 19.6 Å². The normalized spacial score (nSPS) is 20.2. The van der Waals surface area contributed by atoms with E-state index in [-0.39, 0.29) is 17.8 Å². The van der Waals surface area contributed by atoms with Crippen LogP contribution in [0.1, 0.15) is 37.7 Å². The summed E-state index contributed by atoms with van der Waals surface area (Å²) in [6.45, 7) is 5.41. The van der Waals surface area contributed by atoms with Crippen LogP contribution >= 0.6 is 0 Å². The number of carbonyl (C=O) groups excluding carboxylic acids is 1. The van der Waals surface area contributed by atoms with Crippen molar-refractivity contribution in [2.45, 2.75) is 51.3 Å². The number of aryl methyl sites for hydroxylation is 1. The van der Waals surface area contributed by atoms with Crippen LogP contribution in [0, 0.1) is 11.7 Å². The predicted octanol–water partition coefficient (Wildman–Crippen LogP) is 3.33. The van der Waals surface area contributed by atoms with Gasteiger partial charge in [0, 0.05) is 57.2 Å². The highest BCUT2D eigenvalue weighted by atomic mass is 19.1. The Labute approximate surface area is 184 Å². The number of aromatic nitrogens is 2. The zero-order valence-corrected chi connectivity index (χ0v) is 18.2. The van der Waals surface area contributed by atoms with Crippen molar-refractivity contribution >= 4 is 5.91 Å². The number of piperidine rings is 1. The van der Waals surface area contributed by atoms with Crippen molar-refractivity contribution in [2.75, 3.05) is 32.8 Å². The first-order valence-electron chi connectivity index (χ1n) is 11.5. The monoisotopic (exact) mass is 428 g/mol. The van der Waals surface area contributed by atoms with Crippen LogP contribution in [0.5, 0.6) is 0 Å². The zero-order valence-electron chi connectivity index (χ0n) is 18.2. The van der Waals surface area contributed by atoms with Crippen molar-refractivity contribution in [3.05, 3.63) is 54.1 Å². The Morgan fingerprint density at radius 2 is 2.00 bits per heavy atom. The fraction of sp³-hybridized carbons (Fsp3) is 0.583. The molecule has 4 rings (SSSR count). The highest BCUT2D eigenvalue weighted by Crippen LogP contribution is 2.23. The summed E-state index contributed by atoms with van der Waals surface area (Å²) in [4.78, 5) is 17.4. The lowest BCUT2D eigenvalue weighted by molar-refractivity contribution is -0.134. The summed E-state index contributed by atoms with van der Waals surface area (Å²) in [7, 11) is 0. The maximum absolute atomic E-state index is 14.0. The molecule has 2 fully saturated rings. The van der Waals surface area contributed by atoms with E-state index in [9.17, 15) is 9.18 Å². The first-order valence-corrected chi connectivity index (χ1v) is 11.5. The van der Waals surface area contributed by atoms with Crippen LogP contribution in [0.25, 0.3) is 0 Å². The van der Waals surface area contributed by atoms with Gasteiger partial charge in [-0.3, -0.25) is 14.4 Å². The molecule has 168 valence electrons. The molecule has 0 saturated carbocycles. The van der Waals surface area contributed by atoms with Crippen LogP contribution in [-0.4, -0.2) is 64.4 Å². The van der Waals surface area contributed by atoms with Crippen molar-refractivity contribution in [2.24, 2.45) is 5.92 Å². The van der Waals surface area contributed by atoms with Gasteiger partial charge in [0.25, 0.3) is 0 Å². The smallest absolute Gasteiger partial charge is 0.224 e.